The van der Waals surface area contributed by atoms with Crippen molar-refractivity contribution >= 4 is 41.3 Å². The molecule has 1 fully saturated rings. The highest BCUT2D eigenvalue weighted by atomic mass is 16.6. The zero-order valence-corrected chi connectivity index (χ0v) is 14.9. The maximum atomic E-state index is 12.8. The SMILES string of the molecule is COC(=O)c1ccc(N2C(=O)NC(=O)/C(=C\c3ccc([N+](=O)[O-])cc3)C2=O)cc1. The number of methoxy groups -OCH3 is 1. The van der Waals surface area contributed by atoms with Crippen molar-refractivity contribution in [2.24, 2.45) is 0 Å². The molecule has 10 nitrogen and oxygen atoms in total. The van der Waals surface area contributed by atoms with Gasteiger partial charge in [0.05, 0.1) is 23.3 Å². The largest absolute Gasteiger partial charge is 0.465 e. The van der Waals surface area contributed by atoms with Crippen LogP contribution in [0.25, 0.3) is 6.08 Å². The van der Waals surface area contributed by atoms with Crippen molar-refractivity contribution in [3.05, 3.63) is 75.3 Å². The molecule has 146 valence electrons. The van der Waals surface area contributed by atoms with Crippen LogP contribution in [0.15, 0.2) is 54.1 Å². The molecule has 0 spiro atoms. The minimum Gasteiger partial charge on any atom is -0.465 e. The number of imide groups is 2. The van der Waals surface area contributed by atoms with Gasteiger partial charge in [0.2, 0.25) is 0 Å². The third kappa shape index (κ3) is 3.86. The first-order valence-electron chi connectivity index (χ1n) is 8.16. The van der Waals surface area contributed by atoms with Crippen LogP contribution in [0, 0.1) is 10.1 Å². The highest BCUT2D eigenvalue weighted by Crippen LogP contribution is 2.23. The molecule has 10 heteroatoms. The number of amides is 4. The number of barbiturate groups is 1. The Labute approximate surface area is 163 Å². The molecule has 1 aliphatic rings. The molecule has 1 heterocycles. The van der Waals surface area contributed by atoms with Gasteiger partial charge in [-0.05, 0) is 48.0 Å². The molecule has 1 N–H and O–H groups in total. The van der Waals surface area contributed by atoms with Crippen LogP contribution in [0.1, 0.15) is 15.9 Å². The molecule has 0 aliphatic carbocycles. The van der Waals surface area contributed by atoms with E-state index in [0.29, 0.717) is 5.56 Å². The van der Waals surface area contributed by atoms with Crippen LogP contribution in [0.3, 0.4) is 0 Å². The summed E-state index contributed by atoms with van der Waals surface area (Å²) in [4.78, 5) is 59.5. The summed E-state index contributed by atoms with van der Waals surface area (Å²) in [6, 6.07) is 9.74. The van der Waals surface area contributed by atoms with E-state index in [1.165, 1.54) is 61.7 Å². The van der Waals surface area contributed by atoms with Crippen molar-refractivity contribution in [1.82, 2.24) is 5.32 Å². The lowest BCUT2D eigenvalue weighted by Gasteiger charge is -2.26. The summed E-state index contributed by atoms with van der Waals surface area (Å²) in [5.74, 6) is -2.34. The highest BCUT2D eigenvalue weighted by molar-refractivity contribution is 6.39. The zero-order valence-electron chi connectivity index (χ0n) is 14.9. The lowest BCUT2D eigenvalue weighted by Crippen LogP contribution is -2.54. The summed E-state index contributed by atoms with van der Waals surface area (Å²) in [5.41, 5.74) is 0.259. The van der Waals surface area contributed by atoms with Crippen molar-refractivity contribution in [3.63, 3.8) is 0 Å². The van der Waals surface area contributed by atoms with Crippen molar-refractivity contribution in [1.29, 1.82) is 0 Å². The first kappa shape index (κ1) is 19.4. The van der Waals surface area contributed by atoms with E-state index in [9.17, 15) is 29.3 Å². The van der Waals surface area contributed by atoms with E-state index in [4.69, 9.17) is 0 Å². The highest BCUT2D eigenvalue weighted by Gasteiger charge is 2.36. The van der Waals surface area contributed by atoms with Gasteiger partial charge in [-0.1, -0.05) is 0 Å². The van der Waals surface area contributed by atoms with E-state index in [1.807, 2.05) is 0 Å². The Balaban J connectivity index is 1.93. The molecule has 0 saturated carbocycles. The predicted molar refractivity (Wildman–Crippen MR) is 99.9 cm³/mol. The standard InChI is InChI=1S/C19H13N3O7/c1-29-18(25)12-4-8-13(9-5-12)21-17(24)15(16(23)20-19(21)26)10-11-2-6-14(7-3-11)22(27)28/h2-10H,1H3,(H,20,23,26)/b15-10+. The topological polar surface area (TPSA) is 136 Å². The number of carbonyl (C=O) groups excluding carboxylic acids is 4. The number of anilines is 1. The van der Waals surface area contributed by atoms with E-state index in [1.54, 1.807) is 0 Å². The van der Waals surface area contributed by atoms with E-state index in [0.717, 1.165) is 4.90 Å². The molecule has 0 aromatic heterocycles. The number of nitro groups is 1. The number of nitrogens with one attached hydrogen (secondary N) is 1. The number of hydrogen-bond acceptors (Lipinski definition) is 7. The molecule has 2 aromatic carbocycles. The van der Waals surface area contributed by atoms with Gasteiger partial charge in [-0.2, -0.15) is 0 Å². The molecule has 0 unspecified atom stereocenters. The Morgan fingerprint density at radius 1 is 1.07 bits per heavy atom. The van der Waals surface area contributed by atoms with Crippen LogP contribution >= 0.6 is 0 Å². The molecule has 2 aromatic rings. The second-order valence-corrected chi connectivity index (χ2v) is 5.84. The van der Waals surface area contributed by atoms with Crippen molar-refractivity contribution in [3.8, 4) is 0 Å². The predicted octanol–water partition coefficient (Wildman–Crippen LogP) is 2.05. The summed E-state index contributed by atoms with van der Waals surface area (Å²) in [6.07, 6.45) is 1.23. The lowest BCUT2D eigenvalue weighted by molar-refractivity contribution is -0.384. The van der Waals surface area contributed by atoms with Gasteiger partial charge in [0.15, 0.2) is 0 Å². The second kappa shape index (κ2) is 7.72. The number of carbonyl (C=O) groups is 4. The minimum absolute atomic E-state index is 0.141. The lowest BCUT2D eigenvalue weighted by atomic mass is 10.1. The molecule has 4 amide bonds. The molecule has 1 saturated heterocycles. The van der Waals surface area contributed by atoms with Gasteiger partial charge in [0.25, 0.3) is 17.5 Å². The Bertz CT molecular complexity index is 1060. The fourth-order valence-corrected chi connectivity index (χ4v) is 2.62. The quantitative estimate of drug-likeness (QED) is 0.275. The molecular formula is C19H13N3O7. The van der Waals surface area contributed by atoms with Gasteiger partial charge in [-0.3, -0.25) is 25.0 Å². The second-order valence-electron chi connectivity index (χ2n) is 5.84. The first-order chi connectivity index (χ1) is 13.8. The number of benzene rings is 2. The summed E-state index contributed by atoms with van der Waals surface area (Å²) >= 11 is 0. The Kier molecular flexibility index (Phi) is 5.17. The van der Waals surface area contributed by atoms with Crippen LogP contribution < -0.4 is 10.2 Å². The Morgan fingerprint density at radius 3 is 2.24 bits per heavy atom. The van der Waals surface area contributed by atoms with Gasteiger partial charge >= 0.3 is 12.0 Å². The molecule has 29 heavy (non-hydrogen) atoms. The smallest absolute Gasteiger partial charge is 0.337 e. The summed E-state index contributed by atoms with van der Waals surface area (Å²) in [7, 11) is 1.22. The molecule has 0 bridgehead atoms. The monoisotopic (exact) mass is 395 g/mol. The van der Waals surface area contributed by atoms with Gasteiger partial charge < -0.3 is 4.74 Å². The maximum absolute atomic E-state index is 12.8. The van der Waals surface area contributed by atoms with Gasteiger partial charge in [-0.15, -0.1) is 0 Å². The zero-order chi connectivity index (χ0) is 21.1. The summed E-state index contributed by atoms with van der Waals surface area (Å²) in [5, 5.41) is 12.8. The fourth-order valence-electron chi connectivity index (χ4n) is 2.62. The van der Waals surface area contributed by atoms with Crippen molar-refractivity contribution < 1.29 is 28.8 Å². The maximum Gasteiger partial charge on any atom is 0.337 e. The van der Waals surface area contributed by atoms with Crippen molar-refractivity contribution in [2.75, 3.05) is 12.0 Å². The number of nitrogens with zero attached hydrogens (tertiary/aromatic N) is 2. The minimum atomic E-state index is -0.938. The average Bonchev–Trinajstić information content (AvgIpc) is 2.71. The van der Waals surface area contributed by atoms with E-state index in [-0.39, 0.29) is 22.5 Å². The average molecular weight is 395 g/mol. The molecule has 3 rings (SSSR count). The van der Waals surface area contributed by atoms with E-state index >= 15 is 0 Å². The third-order valence-corrected chi connectivity index (χ3v) is 4.06. The summed E-state index contributed by atoms with van der Waals surface area (Å²) < 4.78 is 4.59. The van der Waals surface area contributed by atoms with Gasteiger partial charge in [0.1, 0.15) is 5.57 Å². The normalized spacial score (nSPS) is 15.3. The van der Waals surface area contributed by atoms with Crippen LogP contribution in [0.4, 0.5) is 16.2 Å². The number of esters is 1. The molecule has 1 aliphatic heterocycles. The van der Waals surface area contributed by atoms with Crippen LogP contribution in [-0.2, 0) is 14.3 Å². The number of hydrogen-bond donors (Lipinski definition) is 1. The van der Waals surface area contributed by atoms with E-state index in [2.05, 4.69) is 10.1 Å². The Hall–Kier alpha value is -4.34. The number of rotatable bonds is 4. The number of urea groups is 1. The molecular weight excluding hydrogens is 382 g/mol. The fraction of sp³-hybridized carbons (Fsp3) is 0.0526. The van der Waals surface area contributed by atoms with Crippen LogP contribution in [-0.4, -0.2) is 35.8 Å². The van der Waals surface area contributed by atoms with Crippen LogP contribution in [0.5, 0.6) is 0 Å². The summed E-state index contributed by atoms with van der Waals surface area (Å²) in [6.45, 7) is 0. The van der Waals surface area contributed by atoms with Gasteiger partial charge in [0, 0.05) is 12.1 Å². The third-order valence-electron chi connectivity index (χ3n) is 4.06. The first-order valence-corrected chi connectivity index (χ1v) is 8.16. The van der Waals surface area contributed by atoms with Gasteiger partial charge in [-0.25, -0.2) is 14.5 Å². The number of nitro benzene ring substituents is 1. The molecule has 0 atom stereocenters. The number of non-ortho nitro benzene ring substituents is 1. The van der Waals surface area contributed by atoms with E-state index < -0.39 is 28.7 Å². The Morgan fingerprint density at radius 2 is 1.69 bits per heavy atom. The van der Waals surface area contributed by atoms with Crippen molar-refractivity contribution in [2.45, 2.75) is 0 Å². The number of ether oxygens (including phenoxy) is 1. The molecule has 0 radical (unpaired) electrons. The van der Waals surface area contributed by atoms with Crippen LogP contribution in [0.2, 0.25) is 0 Å².